The van der Waals surface area contributed by atoms with Gasteiger partial charge in [-0.05, 0) is 12.1 Å². The second-order valence-electron chi connectivity index (χ2n) is 6.42. The number of methoxy groups -OCH3 is 1. The Bertz CT molecular complexity index is 1040. The number of ether oxygens (including phenoxy) is 1. The lowest BCUT2D eigenvalue weighted by atomic mass is 9.93. The maximum Gasteiger partial charge on any atom is 0.323 e. The van der Waals surface area contributed by atoms with Gasteiger partial charge in [-0.15, -0.1) is 0 Å². The third-order valence-corrected chi connectivity index (χ3v) is 4.64. The summed E-state index contributed by atoms with van der Waals surface area (Å²) in [6, 6.07) is 6.91. The molecule has 1 aromatic heterocycles. The molecule has 0 unspecified atom stereocenters. The lowest BCUT2D eigenvalue weighted by molar-refractivity contribution is -0.120. The fraction of sp³-hybridized carbons (Fsp3) is 0.211. The van der Waals surface area contributed by atoms with E-state index in [-0.39, 0.29) is 23.9 Å². The summed E-state index contributed by atoms with van der Waals surface area (Å²) in [6.07, 6.45) is 0. The summed E-state index contributed by atoms with van der Waals surface area (Å²) in [5, 5.41) is 7.32. The number of carbonyl (C=O) groups excluding carboxylic acids is 2. The summed E-state index contributed by atoms with van der Waals surface area (Å²) in [7, 11) is 1.29. The van der Waals surface area contributed by atoms with Gasteiger partial charge in [-0.2, -0.15) is 4.98 Å². The molecule has 10 heteroatoms. The molecule has 1 saturated heterocycles. The Morgan fingerprint density at radius 2 is 2.00 bits per heavy atom. The number of halogens is 2. The van der Waals surface area contributed by atoms with Crippen LogP contribution in [0.1, 0.15) is 11.5 Å². The summed E-state index contributed by atoms with van der Waals surface area (Å²) >= 11 is 0. The van der Waals surface area contributed by atoms with Crippen LogP contribution in [-0.4, -0.2) is 36.6 Å². The van der Waals surface area contributed by atoms with E-state index in [0.29, 0.717) is 11.1 Å². The molecule has 2 atom stereocenters. The van der Waals surface area contributed by atoms with Crippen molar-refractivity contribution in [2.45, 2.75) is 12.0 Å². The van der Waals surface area contributed by atoms with Crippen molar-refractivity contribution in [3.8, 4) is 5.75 Å². The second-order valence-corrected chi connectivity index (χ2v) is 6.42. The van der Waals surface area contributed by atoms with E-state index in [9.17, 15) is 18.4 Å². The van der Waals surface area contributed by atoms with E-state index in [4.69, 9.17) is 9.15 Å². The fourth-order valence-electron chi connectivity index (χ4n) is 3.29. The predicted octanol–water partition coefficient (Wildman–Crippen LogP) is 2.52. The van der Waals surface area contributed by atoms with Crippen molar-refractivity contribution in [1.82, 2.24) is 15.6 Å². The average molecular weight is 402 g/mol. The van der Waals surface area contributed by atoms with Crippen LogP contribution in [-0.2, 0) is 4.79 Å². The van der Waals surface area contributed by atoms with E-state index in [1.807, 2.05) is 0 Å². The molecular weight excluding hydrogens is 386 g/mol. The number of benzene rings is 2. The van der Waals surface area contributed by atoms with Gasteiger partial charge in [0.05, 0.1) is 7.11 Å². The SMILES string of the molecule is COc1cc(F)c([C@@H]2CNC(=O)[C@H]2NC(=O)Nc2nc3ccccc3o2)c(F)c1. The van der Waals surface area contributed by atoms with Crippen LogP contribution >= 0.6 is 0 Å². The Morgan fingerprint density at radius 3 is 2.69 bits per heavy atom. The summed E-state index contributed by atoms with van der Waals surface area (Å²) in [5.41, 5.74) is 0.708. The molecule has 29 heavy (non-hydrogen) atoms. The van der Waals surface area contributed by atoms with E-state index < -0.39 is 35.5 Å². The summed E-state index contributed by atoms with van der Waals surface area (Å²) in [4.78, 5) is 28.6. The number of rotatable bonds is 4. The largest absolute Gasteiger partial charge is 0.497 e. The molecule has 4 rings (SSSR count). The zero-order chi connectivity index (χ0) is 20.5. The van der Waals surface area contributed by atoms with Crippen molar-refractivity contribution in [3.63, 3.8) is 0 Å². The molecule has 0 radical (unpaired) electrons. The number of anilines is 1. The van der Waals surface area contributed by atoms with E-state index in [1.54, 1.807) is 24.3 Å². The average Bonchev–Trinajstić information content (AvgIpc) is 3.25. The van der Waals surface area contributed by atoms with Crippen LogP contribution in [0.15, 0.2) is 40.8 Å². The second kappa shape index (κ2) is 7.38. The Kier molecular flexibility index (Phi) is 4.75. The monoisotopic (exact) mass is 402 g/mol. The number of hydrogen-bond donors (Lipinski definition) is 3. The van der Waals surface area contributed by atoms with E-state index in [0.717, 1.165) is 12.1 Å². The van der Waals surface area contributed by atoms with Gasteiger partial charge in [0.1, 0.15) is 28.9 Å². The van der Waals surface area contributed by atoms with E-state index in [2.05, 4.69) is 20.9 Å². The third-order valence-electron chi connectivity index (χ3n) is 4.64. The molecule has 2 heterocycles. The molecule has 1 aliphatic heterocycles. The van der Waals surface area contributed by atoms with Crippen LogP contribution in [0.3, 0.4) is 0 Å². The van der Waals surface area contributed by atoms with Gasteiger partial charge in [-0.3, -0.25) is 10.1 Å². The first kappa shape index (κ1) is 18.7. The molecule has 3 aromatic rings. The lowest BCUT2D eigenvalue weighted by Gasteiger charge is -2.20. The first-order chi connectivity index (χ1) is 14.0. The van der Waals surface area contributed by atoms with Crippen molar-refractivity contribution in [2.24, 2.45) is 0 Å². The highest BCUT2D eigenvalue weighted by Crippen LogP contribution is 2.31. The van der Waals surface area contributed by atoms with Crippen LogP contribution in [0.5, 0.6) is 5.75 Å². The van der Waals surface area contributed by atoms with Crippen LogP contribution in [0.25, 0.3) is 11.1 Å². The quantitative estimate of drug-likeness (QED) is 0.622. The molecule has 1 fully saturated rings. The zero-order valence-electron chi connectivity index (χ0n) is 15.2. The van der Waals surface area contributed by atoms with Crippen molar-refractivity contribution in [2.75, 3.05) is 19.0 Å². The first-order valence-corrected chi connectivity index (χ1v) is 8.70. The molecule has 150 valence electrons. The number of aromatic nitrogens is 1. The predicted molar refractivity (Wildman–Crippen MR) is 98.6 cm³/mol. The molecule has 0 spiro atoms. The van der Waals surface area contributed by atoms with Gasteiger partial charge in [-0.1, -0.05) is 12.1 Å². The van der Waals surface area contributed by atoms with Crippen molar-refractivity contribution < 1.29 is 27.5 Å². The summed E-state index contributed by atoms with van der Waals surface area (Å²) in [6.45, 7) is -0.0349. The van der Waals surface area contributed by atoms with Gasteiger partial charge in [0.15, 0.2) is 5.58 Å². The topological polar surface area (TPSA) is 105 Å². The van der Waals surface area contributed by atoms with Gasteiger partial charge >= 0.3 is 12.0 Å². The Hall–Kier alpha value is -3.69. The number of oxazole rings is 1. The molecule has 1 aliphatic rings. The molecule has 0 bridgehead atoms. The Balaban J connectivity index is 1.53. The van der Waals surface area contributed by atoms with Gasteiger partial charge in [0.25, 0.3) is 0 Å². The number of para-hydroxylation sites is 2. The number of hydrogen-bond acceptors (Lipinski definition) is 5. The van der Waals surface area contributed by atoms with Crippen molar-refractivity contribution in [3.05, 3.63) is 53.6 Å². The maximum absolute atomic E-state index is 14.4. The smallest absolute Gasteiger partial charge is 0.323 e. The normalized spacial score (nSPS) is 18.5. The van der Waals surface area contributed by atoms with Gasteiger partial charge in [-0.25, -0.2) is 13.6 Å². The highest BCUT2D eigenvalue weighted by molar-refractivity contribution is 5.94. The molecule has 8 nitrogen and oxygen atoms in total. The van der Waals surface area contributed by atoms with Gasteiger partial charge < -0.3 is 19.8 Å². The minimum absolute atomic E-state index is 0.0132. The zero-order valence-corrected chi connectivity index (χ0v) is 15.2. The summed E-state index contributed by atoms with van der Waals surface area (Å²) < 4.78 is 39.1. The minimum atomic E-state index is -1.18. The molecule has 3 amide bonds. The Morgan fingerprint density at radius 1 is 1.28 bits per heavy atom. The lowest BCUT2D eigenvalue weighted by Crippen LogP contribution is -2.45. The Labute approximate surface area is 163 Å². The third kappa shape index (κ3) is 3.56. The van der Waals surface area contributed by atoms with Crippen LogP contribution in [0.2, 0.25) is 0 Å². The first-order valence-electron chi connectivity index (χ1n) is 8.70. The number of nitrogens with one attached hydrogen (secondary N) is 3. The van der Waals surface area contributed by atoms with Crippen LogP contribution in [0.4, 0.5) is 19.6 Å². The standard InChI is InChI=1S/C19H16F2N4O4/c1-28-9-6-11(20)15(12(21)7-9)10-8-22-17(26)16(10)24-18(27)25-19-23-13-4-2-3-5-14(13)29-19/h2-7,10,16H,8H2,1H3,(H,22,26)(H2,23,24,25,27)/t10-,16-/m0/s1. The molecule has 0 aliphatic carbocycles. The van der Waals surface area contributed by atoms with E-state index in [1.165, 1.54) is 7.11 Å². The fourth-order valence-corrected chi connectivity index (χ4v) is 3.29. The van der Waals surface area contributed by atoms with Gasteiger partial charge in [0, 0.05) is 30.2 Å². The number of amides is 3. The highest BCUT2D eigenvalue weighted by atomic mass is 19.1. The molecule has 0 saturated carbocycles. The minimum Gasteiger partial charge on any atom is -0.497 e. The molecular formula is C19H16F2N4O4. The molecule has 3 N–H and O–H groups in total. The van der Waals surface area contributed by atoms with Crippen molar-refractivity contribution >= 4 is 29.1 Å². The van der Waals surface area contributed by atoms with E-state index >= 15 is 0 Å². The summed E-state index contributed by atoms with van der Waals surface area (Å²) in [5.74, 6) is -3.22. The number of carbonyl (C=O) groups is 2. The van der Waals surface area contributed by atoms with Gasteiger partial charge in [0.2, 0.25) is 5.91 Å². The van der Waals surface area contributed by atoms with Crippen LogP contribution in [0, 0.1) is 11.6 Å². The number of nitrogens with zero attached hydrogens (tertiary/aromatic N) is 1. The number of fused-ring (bicyclic) bond motifs is 1. The van der Waals surface area contributed by atoms with Crippen LogP contribution < -0.4 is 20.7 Å². The molecule has 2 aromatic carbocycles. The maximum atomic E-state index is 14.4. The number of urea groups is 1. The highest BCUT2D eigenvalue weighted by Gasteiger charge is 2.40. The van der Waals surface area contributed by atoms with Crippen molar-refractivity contribution in [1.29, 1.82) is 0 Å².